The van der Waals surface area contributed by atoms with Crippen LogP contribution >= 0.6 is 0 Å². The molecule has 0 aliphatic heterocycles. The van der Waals surface area contributed by atoms with Crippen LogP contribution in [-0.2, 0) is 4.79 Å². The van der Waals surface area contributed by atoms with Gasteiger partial charge in [0.2, 0.25) is 0 Å². The van der Waals surface area contributed by atoms with Crippen molar-refractivity contribution in [2.24, 2.45) is 40.4 Å². The SMILES string of the molecule is CC(CCCC(C)(O)C(=O)O)[C@H]1CC[C@H]2[C@@H]3[C@H](O)C=C4C[C@@H](O)CC[C@]4(C)[C@H]3CC[C@]12C. The third-order valence-corrected chi connectivity index (χ3v) is 10.6. The molecule has 4 rings (SSSR count). The van der Waals surface area contributed by atoms with Gasteiger partial charge in [-0.2, -0.15) is 0 Å². The molecule has 3 fully saturated rings. The highest BCUT2D eigenvalue weighted by atomic mass is 16.4. The fourth-order valence-electron chi connectivity index (χ4n) is 8.68. The molecule has 0 bridgehead atoms. The number of carboxylic acids is 1. The summed E-state index contributed by atoms with van der Waals surface area (Å²) in [6.45, 7) is 8.54. The van der Waals surface area contributed by atoms with Gasteiger partial charge >= 0.3 is 5.97 Å². The van der Waals surface area contributed by atoms with E-state index in [4.69, 9.17) is 0 Å². The fraction of sp³-hybridized carbons (Fsp3) is 0.889. The van der Waals surface area contributed by atoms with E-state index in [0.29, 0.717) is 36.0 Å². The predicted octanol–water partition coefficient (Wildman–Crippen LogP) is 4.54. The number of aliphatic carboxylic acids is 1. The van der Waals surface area contributed by atoms with Gasteiger partial charge in [0.15, 0.2) is 5.60 Å². The first-order chi connectivity index (χ1) is 14.9. The smallest absolute Gasteiger partial charge is 0.335 e. The average molecular weight is 449 g/mol. The number of fused-ring (bicyclic) bond motifs is 5. The van der Waals surface area contributed by atoms with Crippen molar-refractivity contribution in [1.82, 2.24) is 0 Å². The molecule has 0 spiro atoms. The van der Waals surface area contributed by atoms with E-state index in [9.17, 15) is 25.2 Å². The second kappa shape index (κ2) is 8.39. The van der Waals surface area contributed by atoms with E-state index in [1.54, 1.807) is 0 Å². The van der Waals surface area contributed by atoms with Crippen LogP contribution in [0.2, 0.25) is 0 Å². The van der Waals surface area contributed by atoms with Crippen molar-refractivity contribution < 1.29 is 25.2 Å². The van der Waals surface area contributed by atoms with E-state index in [1.165, 1.54) is 31.8 Å². The van der Waals surface area contributed by atoms with E-state index in [1.807, 2.05) is 0 Å². The summed E-state index contributed by atoms with van der Waals surface area (Å²) < 4.78 is 0. The van der Waals surface area contributed by atoms with Crippen molar-refractivity contribution in [3.8, 4) is 0 Å². The van der Waals surface area contributed by atoms with E-state index in [2.05, 4.69) is 26.8 Å². The van der Waals surface area contributed by atoms with Crippen molar-refractivity contribution in [3.05, 3.63) is 11.6 Å². The summed E-state index contributed by atoms with van der Waals surface area (Å²) in [4.78, 5) is 11.2. The minimum absolute atomic E-state index is 0.122. The first-order valence-electron chi connectivity index (χ1n) is 12.9. The summed E-state index contributed by atoms with van der Waals surface area (Å²) in [5.41, 5.74) is -0.00956. The summed E-state index contributed by atoms with van der Waals surface area (Å²) in [5.74, 6) is 1.26. The van der Waals surface area contributed by atoms with Gasteiger partial charge in [0.05, 0.1) is 12.2 Å². The number of rotatable bonds is 6. The molecule has 5 nitrogen and oxygen atoms in total. The Morgan fingerprint density at radius 2 is 1.88 bits per heavy atom. The molecule has 32 heavy (non-hydrogen) atoms. The van der Waals surface area contributed by atoms with Crippen LogP contribution in [0.4, 0.5) is 0 Å². The van der Waals surface area contributed by atoms with Crippen LogP contribution in [0.1, 0.15) is 91.9 Å². The van der Waals surface area contributed by atoms with E-state index in [0.717, 1.165) is 38.5 Å². The van der Waals surface area contributed by atoms with Crippen LogP contribution in [0.15, 0.2) is 11.6 Å². The Morgan fingerprint density at radius 1 is 1.16 bits per heavy atom. The van der Waals surface area contributed by atoms with Gasteiger partial charge in [0, 0.05) is 0 Å². The molecular formula is C27H44O5. The van der Waals surface area contributed by atoms with Gasteiger partial charge in [0.1, 0.15) is 0 Å². The average Bonchev–Trinajstić information content (AvgIpc) is 3.06. The maximum atomic E-state index is 11.3. The summed E-state index contributed by atoms with van der Waals surface area (Å²) in [6.07, 6.45) is 10.7. The topological polar surface area (TPSA) is 98.0 Å². The molecule has 0 saturated heterocycles. The quantitative estimate of drug-likeness (QED) is 0.447. The van der Waals surface area contributed by atoms with Gasteiger partial charge in [0.25, 0.3) is 0 Å². The minimum Gasteiger partial charge on any atom is -0.479 e. The summed E-state index contributed by atoms with van der Waals surface area (Å²) >= 11 is 0. The van der Waals surface area contributed by atoms with Crippen molar-refractivity contribution >= 4 is 5.97 Å². The number of carbonyl (C=O) groups is 1. The molecular weight excluding hydrogens is 404 g/mol. The Bertz CT molecular complexity index is 759. The zero-order valence-electron chi connectivity index (χ0n) is 20.4. The Kier molecular flexibility index (Phi) is 6.35. The minimum atomic E-state index is -1.64. The third-order valence-electron chi connectivity index (χ3n) is 10.6. The molecule has 2 unspecified atom stereocenters. The lowest BCUT2D eigenvalue weighted by atomic mass is 9.46. The Balaban J connectivity index is 1.48. The summed E-state index contributed by atoms with van der Waals surface area (Å²) in [5, 5.41) is 40.7. The molecule has 0 heterocycles. The predicted molar refractivity (Wildman–Crippen MR) is 124 cm³/mol. The van der Waals surface area contributed by atoms with Crippen LogP contribution in [0.3, 0.4) is 0 Å². The zero-order chi connectivity index (χ0) is 23.5. The van der Waals surface area contributed by atoms with Crippen LogP contribution in [0, 0.1) is 40.4 Å². The molecule has 10 atom stereocenters. The molecule has 182 valence electrons. The molecule has 4 aliphatic carbocycles. The molecule has 0 radical (unpaired) electrons. The molecule has 0 aromatic rings. The highest BCUT2D eigenvalue weighted by molar-refractivity contribution is 5.76. The lowest BCUT2D eigenvalue weighted by Gasteiger charge is -2.59. The second-order valence-corrected chi connectivity index (χ2v) is 12.5. The van der Waals surface area contributed by atoms with Gasteiger partial charge in [-0.3, -0.25) is 0 Å². The van der Waals surface area contributed by atoms with E-state index >= 15 is 0 Å². The molecule has 4 N–H and O–H groups in total. The Morgan fingerprint density at radius 3 is 2.56 bits per heavy atom. The van der Waals surface area contributed by atoms with Crippen molar-refractivity contribution in [3.63, 3.8) is 0 Å². The van der Waals surface area contributed by atoms with E-state index in [-0.39, 0.29) is 16.9 Å². The van der Waals surface area contributed by atoms with Gasteiger partial charge in [-0.25, -0.2) is 4.79 Å². The number of aliphatic hydroxyl groups is 3. The lowest BCUT2D eigenvalue weighted by Crippen LogP contribution is -2.54. The first kappa shape index (κ1) is 24.2. The van der Waals surface area contributed by atoms with Crippen LogP contribution < -0.4 is 0 Å². The molecule has 5 heteroatoms. The molecule has 0 aromatic heterocycles. The number of aliphatic hydroxyl groups excluding tert-OH is 2. The van der Waals surface area contributed by atoms with Gasteiger partial charge in [-0.05, 0) is 105 Å². The van der Waals surface area contributed by atoms with E-state index < -0.39 is 17.7 Å². The largest absolute Gasteiger partial charge is 0.479 e. The third kappa shape index (κ3) is 3.86. The van der Waals surface area contributed by atoms with Crippen LogP contribution in [0.5, 0.6) is 0 Å². The molecule has 0 aromatic carbocycles. The van der Waals surface area contributed by atoms with Crippen LogP contribution in [0.25, 0.3) is 0 Å². The molecule has 4 aliphatic rings. The van der Waals surface area contributed by atoms with Gasteiger partial charge in [-0.1, -0.05) is 38.8 Å². The first-order valence-corrected chi connectivity index (χ1v) is 12.9. The summed E-state index contributed by atoms with van der Waals surface area (Å²) in [7, 11) is 0. The highest BCUT2D eigenvalue weighted by Gasteiger charge is 2.61. The van der Waals surface area contributed by atoms with Gasteiger partial charge < -0.3 is 20.4 Å². The summed E-state index contributed by atoms with van der Waals surface area (Å²) in [6, 6.07) is 0. The molecule has 3 saturated carbocycles. The second-order valence-electron chi connectivity index (χ2n) is 12.5. The monoisotopic (exact) mass is 448 g/mol. The number of carboxylic acid groups (broad SMARTS) is 1. The van der Waals surface area contributed by atoms with Crippen molar-refractivity contribution in [1.29, 1.82) is 0 Å². The zero-order valence-corrected chi connectivity index (χ0v) is 20.4. The fourth-order valence-corrected chi connectivity index (χ4v) is 8.68. The van der Waals surface area contributed by atoms with Crippen molar-refractivity contribution in [2.75, 3.05) is 0 Å². The standard InChI is InChI=1S/C27H44O5/c1-16(6-5-11-27(4,32)24(30)31)19-7-8-20-23-21(10-13-26(19,20)3)25(2)12-9-18(28)14-17(25)15-22(23)29/h15-16,18-23,28-29,32H,5-14H2,1-4H3,(H,30,31)/t16?,18-,19+,20-,21-,22+,23-,25-,26+,27?/m0/s1. The highest BCUT2D eigenvalue weighted by Crippen LogP contribution is 2.67. The Labute approximate surface area is 193 Å². The van der Waals surface area contributed by atoms with Gasteiger partial charge in [-0.15, -0.1) is 0 Å². The molecule has 0 amide bonds. The maximum Gasteiger partial charge on any atom is 0.335 e. The number of hydrogen-bond acceptors (Lipinski definition) is 4. The normalized spacial score (nSPS) is 46.3. The lowest BCUT2D eigenvalue weighted by molar-refractivity contribution is -0.157. The van der Waals surface area contributed by atoms with Crippen molar-refractivity contribution in [2.45, 2.75) is 110 Å². The Hall–Kier alpha value is -0.910. The maximum absolute atomic E-state index is 11.3. The van der Waals surface area contributed by atoms with Crippen LogP contribution in [-0.4, -0.2) is 44.2 Å². The number of hydrogen-bond donors (Lipinski definition) is 4.